The van der Waals surface area contributed by atoms with E-state index in [9.17, 15) is 5.26 Å². The summed E-state index contributed by atoms with van der Waals surface area (Å²) in [6, 6.07) is 55.2. The number of benzene rings is 7. The smallest absolute Gasteiger partial charge is 0.0992 e. The average Bonchev–Trinajstić information content (AvgIpc) is 3.92. The first kappa shape index (κ1) is 33.0. The highest BCUT2D eigenvalue weighted by molar-refractivity contribution is 6.16. The van der Waals surface area contributed by atoms with Crippen LogP contribution in [0.4, 0.5) is 0 Å². The third-order valence-electron chi connectivity index (χ3n) is 13.4. The number of hydrogen-bond acceptors (Lipinski definition) is 2. The first-order valence-electron chi connectivity index (χ1n) is 20.1. The van der Waals surface area contributed by atoms with Crippen LogP contribution in [0, 0.1) is 11.3 Å². The van der Waals surface area contributed by atoms with Gasteiger partial charge in [-0.05, 0) is 87.0 Å². The van der Waals surface area contributed by atoms with E-state index in [1.807, 2.05) is 18.5 Å². The quantitative estimate of drug-likeness (QED) is 0.181. The van der Waals surface area contributed by atoms with Gasteiger partial charge in [0.2, 0.25) is 0 Å². The van der Waals surface area contributed by atoms with Crippen LogP contribution in [0.5, 0.6) is 0 Å². The van der Waals surface area contributed by atoms with Gasteiger partial charge < -0.3 is 9.13 Å². The van der Waals surface area contributed by atoms with Gasteiger partial charge in [-0.25, -0.2) is 0 Å². The van der Waals surface area contributed by atoms with Crippen LogP contribution in [0.2, 0.25) is 0 Å². The zero-order chi connectivity index (χ0) is 39.1. The first-order chi connectivity index (χ1) is 28.3. The summed E-state index contributed by atoms with van der Waals surface area (Å²) in [5.74, 6) is 0. The van der Waals surface area contributed by atoms with Crippen molar-refractivity contribution in [2.24, 2.45) is 0 Å². The Balaban J connectivity index is 1.16. The summed E-state index contributed by atoms with van der Waals surface area (Å²) in [4.78, 5) is 4.79. The molecular formula is C54H38N4. The molecule has 7 aromatic carbocycles. The second-order valence-corrected chi connectivity index (χ2v) is 17.0. The maximum absolute atomic E-state index is 10.4. The van der Waals surface area contributed by atoms with E-state index < -0.39 is 0 Å². The van der Waals surface area contributed by atoms with Crippen molar-refractivity contribution in [1.29, 1.82) is 5.26 Å². The first-order valence-corrected chi connectivity index (χ1v) is 20.1. The van der Waals surface area contributed by atoms with Crippen molar-refractivity contribution in [2.45, 2.75) is 38.5 Å². The molecule has 0 saturated heterocycles. The van der Waals surface area contributed by atoms with Crippen LogP contribution in [0.1, 0.15) is 55.5 Å². The zero-order valence-corrected chi connectivity index (χ0v) is 32.8. The SMILES string of the molecule is CC1(C)c2ccccc2-c2ccc3c(c21)c1ccccc1n3-c1ccncc1-c1ccc(C#N)cc1-n1c2ccccc2c2c3c(ccc21)-c1ccccc1C3(C)C. The van der Waals surface area contributed by atoms with Gasteiger partial charge in [-0.15, -0.1) is 0 Å². The van der Waals surface area contributed by atoms with E-state index in [0.717, 1.165) is 44.6 Å². The number of rotatable bonds is 3. The molecule has 12 rings (SSSR count). The molecule has 58 heavy (non-hydrogen) atoms. The molecule has 0 fully saturated rings. The van der Waals surface area contributed by atoms with Gasteiger partial charge in [0, 0.05) is 55.9 Å². The van der Waals surface area contributed by atoms with Crippen LogP contribution in [0.25, 0.3) is 88.4 Å². The Morgan fingerprint density at radius 3 is 1.53 bits per heavy atom. The Labute approximate surface area is 336 Å². The summed E-state index contributed by atoms with van der Waals surface area (Å²) in [6.07, 6.45) is 3.90. The highest BCUT2D eigenvalue weighted by atomic mass is 15.0. The molecule has 0 bridgehead atoms. The van der Waals surface area contributed by atoms with Gasteiger partial charge in [0.25, 0.3) is 0 Å². The number of nitrogens with zero attached hydrogens (tertiary/aromatic N) is 4. The maximum atomic E-state index is 10.4. The van der Waals surface area contributed by atoms with E-state index in [-0.39, 0.29) is 10.8 Å². The highest BCUT2D eigenvalue weighted by Gasteiger charge is 2.39. The second kappa shape index (κ2) is 11.4. The Morgan fingerprint density at radius 2 is 0.966 bits per heavy atom. The van der Waals surface area contributed by atoms with Gasteiger partial charge in [-0.3, -0.25) is 4.98 Å². The summed E-state index contributed by atoms with van der Waals surface area (Å²) in [5, 5.41) is 15.4. The highest BCUT2D eigenvalue weighted by Crippen LogP contribution is 2.55. The maximum Gasteiger partial charge on any atom is 0.0992 e. The molecule has 4 nitrogen and oxygen atoms in total. The second-order valence-electron chi connectivity index (χ2n) is 17.0. The van der Waals surface area contributed by atoms with Crippen molar-refractivity contribution < 1.29 is 0 Å². The monoisotopic (exact) mass is 742 g/mol. The number of pyridine rings is 1. The molecule has 0 spiro atoms. The predicted molar refractivity (Wildman–Crippen MR) is 238 cm³/mol. The van der Waals surface area contributed by atoms with Crippen LogP contribution >= 0.6 is 0 Å². The lowest BCUT2D eigenvalue weighted by molar-refractivity contribution is 0.666. The normalized spacial score (nSPS) is 14.5. The van der Waals surface area contributed by atoms with Crippen LogP contribution < -0.4 is 0 Å². The van der Waals surface area contributed by atoms with Gasteiger partial charge in [-0.2, -0.15) is 5.26 Å². The van der Waals surface area contributed by atoms with Crippen molar-refractivity contribution in [3.8, 4) is 50.8 Å². The van der Waals surface area contributed by atoms with Gasteiger partial charge in [0.1, 0.15) is 0 Å². The summed E-state index contributed by atoms with van der Waals surface area (Å²) in [7, 11) is 0. The summed E-state index contributed by atoms with van der Waals surface area (Å²) in [6.45, 7) is 9.44. The molecule has 2 aliphatic carbocycles. The molecule has 10 aromatic rings. The van der Waals surface area contributed by atoms with Crippen LogP contribution in [-0.4, -0.2) is 14.1 Å². The van der Waals surface area contributed by atoms with E-state index in [4.69, 9.17) is 4.98 Å². The van der Waals surface area contributed by atoms with Crippen molar-refractivity contribution in [1.82, 2.24) is 14.1 Å². The van der Waals surface area contributed by atoms with E-state index in [0.29, 0.717) is 5.56 Å². The van der Waals surface area contributed by atoms with Gasteiger partial charge >= 0.3 is 0 Å². The number of hydrogen-bond donors (Lipinski definition) is 0. The lowest BCUT2D eigenvalue weighted by Crippen LogP contribution is -2.15. The van der Waals surface area contributed by atoms with Gasteiger partial charge in [0.05, 0.1) is 45.1 Å². The van der Waals surface area contributed by atoms with Crippen molar-refractivity contribution >= 4 is 43.6 Å². The number of para-hydroxylation sites is 2. The fourth-order valence-corrected chi connectivity index (χ4v) is 11.0. The molecule has 3 aromatic heterocycles. The summed E-state index contributed by atoms with van der Waals surface area (Å²) >= 11 is 0. The third kappa shape index (κ3) is 4.10. The third-order valence-corrected chi connectivity index (χ3v) is 13.4. The molecule has 0 atom stereocenters. The zero-order valence-electron chi connectivity index (χ0n) is 32.8. The Morgan fingerprint density at radius 1 is 0.466 bits per heavy atom. The van der Waals surface area contributed by atoms with Crippen molar-refractivity contribution in [2.75, 3.05) is 0 Å². The largest absolute Gasteiger partial charge is 0.309 e. The lowest BCUT2D eigenvalue weighted by Gasteiger charge is -2.23. The van der Waals surface area contributed by atoms with E-state index in [1.165, 1.54) is 66.1 Å². The fourth-order valence-electron chi connectivity index (χ4n) is 11.0. The van der Waals surface area contributed by atoms with Crippen LogP contribution in [-0.2, 0) is 10.8 Å². The molecule has 3 heterocycles. The molecule has 0 N–H and O–H groups in total. The minimum atomic E-state index is -0.194. The van der Waals surface area contributed by atoms with Gasteiger partial charge in [-0.1, -0.05) is 131 Å². The number of nitriles is 1. The Bertz CT molecular complexity index is 3470. The van der Waals surface area contributed by atoms with E-state index >= 15 is 0 Å². The average molecular weight is 743 g/mol. The van der Waals surface area contributed by atoms with Gasteiger partial charge in [0.15, 0.2) is 0 Å². The Kier molecular flexibility index (Phi) is 6.50. The molecule has 0 amide bonds. The number of fused-ring (bicyclic) bond motifs is 14. The topological polar surface area (TPSA) is 46.5 Å². The van der Waals surface area contributed by atoms with Crippen LogP contribution in [0.15, 0.2) is 158 Å². The predicted octanol–water partition coefficient (Wildman–Crippen LogP) is 13.4. The fraction of sp³-hybridized carbons (Fsp3) is 0.111. The molecule has 2 aliphatic rings. The summed E-state index contributed by atoms with van der Waals surface area (Å²) in [5.41, 5.74) is 19.4. The minimum Gasteiger partial charge on any atom is -0.309 e. The molecule has 0 aliphatic heterocycles. The molecule has 0 saturated carbocycles. The molecule has 4 heteroatoms. The van der Waals surface area contributed by atoms with E-state index in [2.05, 4.69) is 182 Å². The minimum absolute atomic E-state index is 0.172. The van der Waals surface area contributed by atoms with Crippen LogP contribution in [0.3, 0.4) is 0 Å². The lowest BCUT2D eigenvalue weighted by atomic mass is 9.80. The molecule has 274 valence electrons. The summed E-state index contributed by atoms with van der Waals surface area (Å²) < 4.78 is 4.82. The van der Waals surface area contributed by atoms with E-state index in [1.54, 1.807) is 0 Å². The van der Waals surface area contributed by atoms with Crippen molar-refractivity contribution in [3.63, 3.8) is 0 Å². The molecule has 0 radical (unpaired) electrons. The Hall–Kier alpha value is -7.22. The van der Waals surface area contributed by atoms with Crippen molar-refractivity contribution in [3.05, 3.63) is 186 Å². The molecular weight excluding hydrogens is 705 g/mol. The number of aromatic nitrogens is 3. The standard InChI is InChI=1S/C54H38N4/c1-53(2)41-17-9-5-13-33(41)36-23-25-46-49(51(36)53)38-15-7-11-19-43(38)57(46)45-27-28-56-31-40(45)35-22-21-32(30-55)29-48(35)58-44-20-12-8-16-39(44)50-47(58)26-24-37-34-14-6-10-18-42(34)54(3,4)52(37)50/h5-29,31H,1-4H3. The molecule has 0 unspecified atom stereocenters.